The normalized spacial score (nSPS) is 10.6. The Morgan fingerprint density at radius 2 is 2.00 bits per heavy atom. The van der Waals surface area contributed by atoms with Crippen LogP contribution in [0.15, 0.2) is 48.8 Å². The van der Waals surface area contributed by atoms with E-state index in [1.807, 2.05) is 18.2 Å². The van der Waals surface area contributed by atoms with Crippen molar-refractivity contribution < 1.29 is 9.53 Å². The van der Waals surface area contributed by atoms with Crippen LogP contribution >= 0.6 is 11.6 Å². The van der Waals surface area contributed by atoms with Crippen molar-refractivity contribution in [3.63, 3.8) is 0 Å². The molecule has 7 heteroatoms. The van der Waals surface area contributed by atoms with Crippen molar-refractivity contribution in [3.8, 4) is 17.1 Å². The number of anilines is 1. The van der Waals surface area contributed by atoms with Crippen LogP contribution in [0.3, 0.4) is 0 Å². The number of pyridine rings is 1. The summed E-state index contributed by atoms with van der Waals surface area (Å²) in [4.78, 5) is 18.6. The maximum atomic E-state index is 13.0. The van der Waals surface area contributed by atoms with Gasteiger partial charge in [-0.15, -0.1) is 0 Å². The number of benzene rings is 1. The minimum atomic E-state index is -0.199. The fourth-order valence-electron chi connectivity index (χ4n) is 2.49. The van der Waals surface area contributed by atoms with Crippen molar-refractivity contribution in [2.24, 2.45) is 7.05 Å². The van der Waals surface area contributed by atoms with Crippen molar-refractivity contribution >= 4 is 23.2 Å². The highest BCUT2D eigenvalue weighted by Crippen LogP contribution is 2.30. The van der Waals surface area contributed by atoms with Gasteiger partial charge in [-0.25, -0.2) is 4.98 Å². The number of hydrogen-bond acceptors (Lipinski definition) is 4. The first-order valence-corrected chi connectivity index (χ1v) is 7.95. The highest BCUT2D eigenvalue weighted by molar-refractivity contribution is 6.33. The second-order valence-electron chi connectivity index (χ2n) is 5.47. The second kappa shape index (κ2) is 6.94. The molecule has 0 aliphatic heterocycles. The van der Waals surface area contributed by atoms with E-state index < -0.39 is 0 Å². The van der Waals surface area contributed by atoms with E-state index in [-0.39, 0.29) is 5.91 Å². The van der Waals surface area contributed by atoms with E-state index in [1.165, 1.54) is 4.90 Å². The maximum Gasteiger partial charge on any atom is 0.261 e. The predicted octanol–water partition coefficient (Wildman–Crippen LogP) is 3.42. The van der Waals surface area contributed by atoms with Crippen LogP contribution in [0.25, 0.3) is 11.3 Å². The number of aryl methyl sites for hydroxylation is 1. The first-order chi connectivity index (χ1) is 12.0. The molecule has 0 spiro atoms. The highest BCUT2D eigenvalue weighted by Gasteiger charge is 2.22. The van der Waals surface area contributed by atoms with Crippen molar-refractivity contribution in [1.29, 1.82) is 0 Å². The molecule has 0 aliphatic rings. The smallest absolute Gasteiger partial charge is 0.261 e. The quantitative estimate of drug-likeness (QED) is 0.718. The van der Waals surface area contributed by atoms with Gasteiger partial charge in [0.15, 0.2) is 0 Å². The summed E-state index contributed by atoms with van der Waals surface area (Å²) in [7, 11) is 5.00. The summed E-state index contributed by atoms with van der Waals surface area (Å²) in [5, 5.41) is 4.96. The van der Waals surface area contributed by atoms with Gasteiger partial charge in [0.1, 0.15) is 5.69 Å². The molecule has 128 valence electrons. The molecule has 0 aliphatic carbocycles. The van der Waals surface area contributed by atoms with E-state index in [4.69, 9.17) is 16.3 Å². The Labute approximate surface area is 150 Å². The molecule has 6 nitrogen and oxygen atoms in total. The Morgan fingerprint density at radius 1 is 1.24 bits per heavy atom. The summed E-state index contributed by atoms with van der Waals surface area (Å²) in [6.07, 6.45) is 3.27. The zero-order valence-electron chi connectivity index (χ0n) is 14.1. The minimum Gasteiger partial charge on any atom is -0.481 e. The lowest BCUT2D eigenvalue weighted by Gasteiger charge is -2.17. The van der Waals surface area contributed by atoms with Gasteiger partial charge < -0.3 is 9.64 Å². The maximum absolute atomic E-state index is 13.0. The lowest BCUT2D eigenvalue weighted by Crippen LogP contribution is -2.26. The highest BCUT2D eigenvalue weighted by atomic mass is 35.5. The van der Waals surface area contributed by atoms with Crippen LogP contribution in [0, 0.1) is 0 Å². The lowest BCUT2D eigenvalue weighted by atomic mass is 10.1. The summed E-state index contributed by atoms with van der Waals surface area (Å²) in [5.74, 6) is 0.290. The zero-order valence-corrected chi connectivity index (χ0v) is 14.9. The summed E-state index contributed by atoms with van der Waals surface area (Å²) < 4.78 is 6.65. The molecule has 0 fully saturated rings. The van der Waals surface area contributed by atoms with Crippen LogP contribution in [0.4, 0.5) is 5.69 Å². The lowest BCUT2D eigenvalue weighted by molar-refractivity contribution is 0.0993. The summed E-state index contributed by atoms with van der Waals surface area (Å²) in [6.45, 7) is 0. The number of ether oxygens (including phenoxy) is 1. The first-order valence-electron chi connectivity index (χ1n) is 7.58. The molecule has 2 aromatic heterocycles. The Hall–Kier alpha value is -2.86. The van der Waals surface area contributed by atoms with Crippen molar-refractivity contribution in [2.45, 2.75) is 0 Å². The summed E-state index contributed by atoms with van der Waals surface area (Å²) in [6, 6.07) is 10.8. The molecule has 0 radical (unpaired) electrons. The van der Waals surface area contributed by atoms with Crippen LogP contribution in [0.1, 0.15) is 10.4 Å². The molecular formula is C18H17ClN4O2. The Kier molecular flexibility index (Phi) is 4.72. The van der Waals surface area contributed by atoms with Crippen molar-refractivity contribution in [2.75, 3.05) is 19.1 Å². The molecule has 0 saturated heterocycles. The largest absolute Gasteiger partial charge is 0.481 e. The van der Waals surface area contributed by atoms with Gasteiger partial charge in [0.05, 0.1) is 29.6 Å². The van der Waals surface area contributed by atoms with E-state index in [1.54, 1.807) is 56.5 Å². The standard InChI is InChI=1S/C18H17ClN4O2/c1-22-11-14(17(21-22)13-6-4-5-7-15(13)19)18(24)23(2)12-8-9-16(25-3)20-10-12/h4-11H,1-3H3. The van der Waals surface area contributed by atoms with Crippen LogP contribution in [0.5, 0.6) is 5.88 Å². The number of carbonyl (C=O) groups is 1. The molecule has 25 heavy (non-hydrogen) atoms. The number of methoxy groups -OCH3 is 1. The fraction of sp³-hybridized carbons (Fsp3) is 0.167. The van der Waals surface area contributed by atoms with Gasteiger partial charge in [-0.1, -0.05) is 29.8 Å². The van der Waals surface area contributed by atoms with Crippen LogP contribution in [-0.2, 0) is 7.05 Å². The second-order valence-corrected chi connectivity index (χ2v) is 5.88. The van der Waals surface area contributed by atoms with E-state index in [2.05, 4.69) is 10.1 Å². The Morgan fingerprint density at radius 3 is 2.64 bits per heavy atom. The van der Waals surface area contributed by atoms with E-state index >= 15 is 0 Å². The van der Waals surface area contributed by atoms with E-state index in [0.29, 0.717) is 27.8 Å². The van der Waals surface area contributed by atoms with Gasteiger partial charge in [0.25, 0.3) is 5.91 Å². The molecule has 1 amide bonds. The number of nitrogens with zero attached hydrogens (tertiary/aromatic N) is 4. The number of amides is 1. The first kappa shape index (κ1) is 17.0. The Balaban J connectivity index is 1.98. The van der Waals surface area contributed by atoms with Gasteiger partial charge in [-0.2, -0.15) is 5.10 Å². The van der Waals surface area contributed by atoms with Gasteiger partial charge >= 0.3 is 0 Å². The van der Waals surface area contributed by atoms with Crippen LogP contribution in [-0.4, -0.2) is 34.8 Å². The molecular weight excluding hydrogens is 340 g/mol. The fourth-order valence-corrected chi connectivity index (χ4v) is 2.71. The number of carbonyl (C=O) groups excluding carboxylic acids is 1. The third-order valence-corrected chi connectivity index (χ3v) is 4.14. The zero-order chi connectivity index (χ0) is 18.0. The average molecular weight is 357 g/mol. The van der Waals surface area contributed by atoms with Gasteiger partial charge in [-0.05, 0) is 12.1 Å². The number of rotatable bonds is 4. The topological polar surface area (TPSA) is 60.2 Å². The minimum absolute atomic E-state index is 0.199. The molecule has 3 aromatic rings. The SMILES string of the molecule is COc1ccc(N(C)C(=O)c2cn(C)nc2-c2ccccc2Cl)cn1. The monoisotopic (exact) mass is 356 g/mol. The third-order valence-electron chi connectivity index (χ3n) is 3.81. The average Bonchev–Trinajstić information content (AvgIpc) is 3.02. The molecule has 1 aromatic carbocycles. The molecule has 0 N–H and O–H groups in total. The van der Waals surface area contributed by atoms with Gasteiger partial charge in [-0.3, -0.25) is 9.48 Å². The molecule has 3 rings (SSSR count). The molecule has 2 heterocycles. The number of hydrogen-bond donors (Lipinski definition) is 0. The summed E-state index contributed by atoms with van der Waals surface area (Å²) >= 11 is 6.28. The van der Waals surface area contributed by atoms with Crippen molar-refractivity contribution in [1.82, 2.24) is 14.8 Å². The molecule has 0 saturated carbocycles. The molecule has 0 bridgehead atoms. The van der Waals surface area contributed by atoms with Crippen LogP contribution in [0.2, 0.25) is 5.02 Å². The van der Waals surface area contributed by atoms with Crippen LogP contribution < -0.4 is 9.64 Å². The number of halogens is 1. The van der Waals surface area contributed by atoms with Crippen molar-refractivity contribution in [3.05, 3.63) is 59.4 Å². The van der Waals surface area contributed by atoms with Gasteiger partial charge in [0, 0.05) is 31.9 Å². The van der Waals surface area contributed by atoms with E-state index in [0.717, 1.165) is 5.56 Å². The number of aromatic nitrogens is 3. The molecule has 0 unspecified atom stereocenters. The van der Waals surface area contributed by atoms with Gasteiger partial charge in [0.2, 0.25) is 5.88 Å². The Bertz CT molecular complexity index is 906. The van der Waals surface area contributed by atoms with E-state index in [9.17, 15) is 4.79 Å². The third kappa shape index (κ3) is 3.34. The predicted molar refractivity (Wildman–Crippen MR) is 97.2 cm³/mol. The molecule has 0 atom stereocenters. The summed E-state index contributed by atoms with van der Waals surface area (Å²) in [5.41, 5.74) is 2.38.